The van der Waals surface area contributed by atoms with Crippen molar-refractivity contribution in [3.05, 3.63) is 35.9 Å². The number of amides is 2. The van der Waals surface area contributed by atoms with Crippen LogP contribution >= 0.6 is 0 Å². The molecule has 7 nitrogen and oxygen atoms in total. The van der Waals surface area contributed by atoms with E-state index in [1.807, 2.05) is 44.2 Å². The minimum atomic E-state index is -0.764. The lowest BCUT2D eigenvalue weighted by atomic mass is 10.0. The van der Waals surface area contributed by atoms with Gasteiger partial charge in [-0.3, -0.25) is 4.79 Å². The van der Waals surface area contributed by atoms with Crippen LogP contribution in [0.4, 0.5) is 4.79 Å². The summed E-state index contributed by atoms with van der Waals surface area (Å²) in [5, 5.41) is 5.28. The third-order valence-corrected chi connectivity index (χ3v) is 3.84. The molecule has 0 aliphatic rings. The van der Waals surface area contributed by atoms with E-state index >= 15 is 0 Å². The van der Waals surface area contributed by atoms with E-state index in [4.69, 9.17) is 9.47 Å². The number of esters is 1. The normalized spacial score (nSPS) is 13.4. The second-order valence-corrected chi connectivity index (χ2v) is 8.11. The molecule has 0 aliphatic carbocycles. The molecule has 0 radical (unpaired) electrons. The van der Waals surface area contributed by atoms with Gasteiger partial charge in [-0.15, -0.1) is 0 Å². The molecule has 1 aromatic carbocycles. The van der Waals surface area contributed by atoms with Gasteiger partial charge in [-0.1, -0.05) is 51.1 Å². The van der Waals surface area contributed by atoms with Crippen LogP contribution in [0.25, 0.3) is 0 Å². The topological polar surface area (TPSA) is 93.7 Å². The summed E-state index contributed by atoms with van der Waals surface area (Å²) in [7, 11) is 0. The van der Waals surface area contributed by atoms with Crippen LogP contribution in [0.2, 0.25) is 0 Å². The molecule has 0 saturated carbocycles. The number of ether oxygens (including phenoxy) is 2. The Labute approximate surface area is 167 Å². The second-order valence-electron chi connectivity index (χ2n) is 8.11. The lowest BCUT2D eigenvalue weighted by Gasteiger charge is -2.23. The van der Waals surface area contributed by atoms with Crippen molar-refractivity contribution in [3.8, 4) is 0 Å². The van der Waals surface area contributed by atoms with Crippen LogP contribution in [0.3, 0.4) is 0 Å². The van der Waals surface area contributed by atoms with Crippen LogP contribution in [0.1, 0.15) is 47.1 Å². The monoisotopic (exact) mass is 392 g/mol. The molecule has 0 fully saturated rings. The molecule has 0 heterocycles. The Morgan fingerprint density at radius 1 is 1.04 bits per heavy atom. The molecule has 0 aliphatic heterocycles. The molecule has 0 spiro atoms. The number of hydrogen-bond acceptors (Lipinski definition) is 5. The number of carbonyl (C=O) groups excluding carboxylic acids is 3. The van der Waals surface area contributed by atoms with Gasteiger partial charge in [0.2, 0.25) is 5.91 Å². The van der Waals surface area contributed by atoms with Crippen molar-refractivity contribution in [1.82, 2.24) is 10.6 Å². The maximum atomic E-state index is 12.4. The Morgan fingerprint density at radius 3 is 2.18 bits per heavy atom. The van der Waals surface area contributed by atoms with Crippen LogP contribution < -0.4 is 10.6 Å². The van der Waals surface area contributed by atoms with Gasteiger partial charge in [0.05, 0.1) is 5.92 Å². The third-order valence-electron chi connectivity index (χ3n) is 3.84. The Hall–Kier alpha value is -2.57. The van der Waals surface area contributed by atoms with E-state index in [0.29, 0.717) is 0 Å². The highest BCUT2D eigenvalue weighted by Crippen LogP contribution is 2.09. The van der Waals surface area contributed by atoms with Crippen LogP contribution in [0, 0.1) is 11.8 Å². The summed E-state index contributed by atoms with van der Waals surface area (Å²) in [5.41, 5.74) is 0.264. The van der Waals surface area contributed by atoms with Gasteiger partial charge in [-0.05, 0) is 32.3 Å². The Bertz CT molecular complexity index is 653. The Kier molecular flexibility index (Phi) is 8.96. The van der Waals surface area contributed by atoms with E-state index in [1.165, 1.54) is 0 Å². The molecule has 1 aromatic rings. The van der Waals surface area contributed by atoms with Crippen molar-refractivity contribution in [2.75, 3.05) is 6.54 Å². The first-order valence-electron chi connectivity index (χ1n) is 9.47. The molecule has 0 aromatic heterocycles. The lowest BCUT2D eigenvalue weighted by Crippen LogP contribution is -2.48. The van der Waals surface area contributed by atoms with Crippen molar-refractivity contribution >= 4 is 18.0 Å². The fourth-order valence-corrected chi connectivity index (χ4v) is 2.26. The van der Waals surface area contributed by atoms with Crippen molar-refractivity contribution in [2.24, 2.45) is 11.8 Å². The maximum Gasteiger partial charge on any atom is 0.407 e. The first-order chi connectivity index (χ1) is 13.0. The number of alkyl carbamates (subject to hydrolysis) is 1. The molecule has 2 atom stereocenters. The van der Waals surface area contributed by atoms with Crippen LogP contribution in [-0.4, -0.2) is 36.2 Å². The van der Waals surface area contributed by atoms with Gasteiger partial charge < -0.3 is 20.1 Å². The Balaban J connectivity index is 2.53. The highest BCUT2D eigenvalue weighted by atomic mass is 16.6. The summed E-state index contributed by atoms with van der Waals surface area (Å²) in [6, 6.07) is 8.57. The molecular weight excluding hydrogens is 360 g/mol. The number of nitrogens with one attached hydrogen (secondary N) is 2. The highest BCUT2D eigenvalue weighted by Gasteiger charge is 2.28. The fourth-order valence-electron chi connectivity index (χ4n) is 2.26. The molecule has 2 N–H and O–H groups in total. The quantitative estimate of drug-likeness (QED) is 0.663. The first kappa shape index (κ1) is 23.5. The van der Waals surface area contributed by atoms with Gasteiger partial charge >= 0.3 is 12.1 Å². The third kappa shape index (κ3) is 8.88. The molecule has 1 rings (SSSR count). The second kappa shape index (κ2) is 10.7. The number of rotatable bonds is 8. The van der Waals surface area contributed by atoms with Gasteiger partial charge in [0, 0.05) is 6.54 Å². The van der Waals surface area contributed by atoms with Crippen LogP contribution in [-0.2, 0) is 25.7 Å². The lowest BCUT2D eigenvalue weighted by molar-refractivity contribution is -0.150. The molecule has 7 heteroatoms. The molecule has 0 saturated heterocycles. The summed E-state index contributed by atoms with van der Waals surface area (Å²) >= 11 is 0. The fraction of sp³-hybridized carbons (Fsp3) is 0.571. The van der Waals surface area contributed by atoms with Crippen LogP contribution in [0.15, 0.2) is 30.3 Å². The van der Waals surface area contributed by atoms with Crippen molar-refractivity contribution < 1.29 is 23.9 Å². The molecule has 0 unspecified atom stereocenters. The zero-order valence-electron chi connectivity index (χ0n) is 17.6. The summed E-state index contributed by atoms with van der Waals surface area (Å²) in [4.78, 5) is 36.5. The summed E-state index contributed by atoms with van der Waals surface area (Å²) in [6.45, 7) is 10.9. The van der Waals surface area contributed by atoms with E-state index < -0.39 is 29.6 Å². The van der Waals surface area contributed by atoms with Crippen LogP contribution in [0.5, 0.6) is 0 Å². The van der Waals surface area contributed by atoms with Gasteiger partial charge in [0.15, 0.2) is 0 Å². The van der Waals surface area contributed by atoms with E-state index in [2.05, 4.69) is 10.6 Å². The van der Waals surface area contributed by atoms with Gasteiger partial charge in [-0.25, -0.2) is 9.59 Å². The average Bonchev–Trinajstić information content (AvgIpc) is 2.61. The largest absolute Gasteiger partial charge is 0.459 e. The SMILES string of the molecule is CC(C)[C@H](NC(=O)[C@@H](C)CNC(=O)OC(C)(C)C)C(=O)OCc1ccccc1. The summed E-state index contributed by atoms with van der Waals surface area (Å²) in [6.07, 6.45) is -0.588. The first-order valence-corrected chi connectivity index (χ1v) is 9.47. The van der Waals surface area contributed by atoms with E-state index in [1.54, 1.807) is 27.7 Å². The Morgan fingerprint density at radius 2 is 1.64 bits per heavy atom. The zero-order valence-corrected chi connectivity index (χ0v) is 17.6. The molecule has 156 valence electrons. The van der Waals surface area contributed by atoms with Gasteiger partial charge in [0.25, 0.3) is 0 Å². The van der Waals surface area contributed by atoms with Crippen molar-refractivity contribution in [2.45, 2.75) is 59.8 Å². The van der Waals surface area contributed by atoms with E-state index in [0.717, 1.165) is 5.56 Å². The predicted molar refractivity (Wildman–Crippen MR) is 106 cm³/mol. The molecule has 28 heavy (non-hydrogen) atoms. The number of carbonyl (C=O) groups is 3. The highest BCUT2D eigenvalue weighted by molar-refractivity contribution is 5.86. The number of hydrogen-bond donors (Lipinski definition) is 2. The van der Waals surface area contributed by atoms with E-state index in [9.17, 15) is 14.4 Å². The van der Waals surface area contributed by atoms with Crippen molar-refractivity contribution in [1.29, 1.82) is 0 Å². The van der Waals surface area contributed by atoms with Gasteiger partial charge in [0.1, 0.15) is 18.2 Å². The molecule has 0 bridgehead atoms. The molecule has 2 amide bonds. The smallest absolute Gasteiger partial charge is 0.407 e. The standard InChI is InChI=1S/C21H32N2O5/c1-14(2)17(19(25)27-13-16-10-8-7-9-11-16)23-18(24)15(3)12-22-20(26)28-21(4,5)6/h7-11,14-15,17H,12-13H2,1-6H3,(H,22,26)(H,23,24)/t15-,17-/m0/s1. The minimum absolute atomic E-state index is 0.102. The summed E-state index contributed by atoms with van der Waals surface area (Å²) in [5.74, 6) is -1.50. The maximum absolute atomic E-state index is 12.4. The van der Waals surface area contributed by atoms with E-state index in [-0.39, 0.29) is 25.0 Å². The molecular formula is C21H32N2O5. The summed E-state index contributed by atoms with van der Waals surface area (Å²) < 4.78 is 10.5. The minimum Gasteiger partial charge on any atom is -0.459 e. The predicted octanol–water partition coefficient (Wildman–Crippen LogP) is 3.03. The number of benzene rings is 1. The zero-order chi connectivity index (χ0) is 21.3. The average molecular weight is 392 g/mol. The van der Waals surface area contributed by atoms with Gasteiger partial charge in [-0.2, -0.15) is 0 Å². The van der Waals surface area contributed by atoms with Crippen molar-refractivity contribution in [3.63, 3.8) is 0 Å².